The summed E-state index contributed by atoms with van der Waals surface area (Å²) in [6.07, 6.45) is 2.14. The van der Waals surface area contributed by atoms with Crippen LogP contribution in [-0.4, -0.2) is 41.9 Å². The van der Waals surface area contributed by atoms with Crippen LogP contribution in [0.3, 0.4) is 0 Å². The summed E-state index contributed by atoms with van der Waals surface area (Å²) in [5, 5.41) is 19.6. The fourth-order valence-corrected chi connectivity index (χ4v) is 2.79. The summed E-state index contributed by atoms with van der Waals surface area (Å²) in [7, 11) is 1.56. The largest absolute Gasteiger partial charge is 0.504 e. The number of phenolic OH excluding ortho intramolecular Hbond substituents is 1. The summed E-state index contributed by atoms with van der Waals surface area (Å²) < 4.78 is 5.13. The van der Waals surface area contributed by atoms with Gasteiger partial charge in [-0.05, 0) is 25.5 Å². The predicted octanol–water partition coefficient (Wildman–Crippen LogP) is 2.00. The Morgan fingerprint density at radius 3 is 2.89 bits per heavy atom. The van der Waals surface area contributed by atoms with Crippen molar-refractivity contribution in [3.05, 3.63) is 23.8 Å². The van der Waals surface area contributed by atoms with Crippen LogP contribution in [0.25, 0.3) is 0 Å². The highest BCUT2D eigenvalue weighted by molar-refractivity contribution is 5.45. The molecule has 0 radical (unpaired) electrons. The molecule has 0 amide bonds. The van der Waals surface area contributed by atoms with E-state index in [-0.39, 0.29) is 17.8 Å². The van der Waals surface area contributed by atoms with Crippen LogP contribution in [0.1, 0.15) is 25.3 Å². The van der Waals surface area contributed by atoms with E-state index in [0.717, 1.165) is 31.5 Å². The molecule has 1 saturated heterocycles. The first-order valence-electron chi connectivity index (χ1n) is 6.76. The van der Waals surface area contributed by atoms with Gasteiger partial charge in [-0.2, -0.15) is 0 Å². The molecule has 0 spiro atoms. The number of para-hydroxylation sites is 1. The van der Waals surface area contributed by atoms with Crippen molar-refractivity contribution in [2.24, 2.45) is 5.41 Å². The average molecular weight is 265 g/mol. The Balaban J connectivity index is 2.09. The first-order valence-corrected chi connectivity index (χ1v) is 6.76. The van der Waals surface area contributed by atoms with Crippen molar-refractivity contribution >= 4 is 0 Å². The maximum absolute atomic E-state index is 10.1. The molecule has 1 unspecified atom stereocenters. The molecule has 1 aromatic rings. The zero-order valence-electron chi connectivity index (χ0n) is 11.7. The molecule has 2 N–H and O–H groups in total. The van der Waals surface area contributed by atoms with Gasteiger partial charge in [0.1, 0.15) is 0 Å². The van der Waals surface area contributed by atoms with Crippen LogP contribution in [0.15, 0.2) is 18.2 Å². The molecule has 1 atom stereocenters. The molecule has 0 bridgehead atoms. The summed E-state index contributed by atoms with van der Waals surface area (Å²) in [5.41, 5.74) is 0.855. The number of nitrogens with zero attached hydrogens (tertiary/aromatic N) is 1. The number of piperidine rings is 1. The quantitative estimate of drug-likeness (QED) is 0.874. The topological polar surface area (TPSA) is 52.9 Å². The molecule has 19 heavy (non-hydrogen) atoms. The van der Waals surface area contributed by atoms with Crippen molar-refractivity contribution in [2.45, 2.75) is 26.3 Å². The van der Waals surface area contributed by atoms with Crippen molar-refractivity contribution in [2.75, 3.05) is 26.8 Å². The third kappa shape index (κ3) is 3.19. The first-order chi connectivity index (χ1) is 9.08. The minimum Gasteiger partial charge on any atom is -0.504 e. The first kappa shape index (κ1) is 14.2. The highest BCUT2D eigenvalue weighted by Crippen LogP contribution is 2.33. The number of aromatic hydroxyl groups is 1. The number of benzene rings is 1. The van der Waals surface area contributed by atoms with E-state index in [9.17, 15) is 10.2 Å². The number of methoxy groups -OCH3 is 1. The van der Waals surface area contributed by atoms with Crippen LogP contribution in [0.4, 0.5) is 0 Å². The lowest BCUT2D eigenvalue weighted by Crippen LogP contribution is -2.43. The van der Waals surface area contributed by atoms with Crippen molar-refractivity contribution < 1.29 is 14.9 Å². The number of hydrogen-bond acceptors (Lipinski definition) is 4. The van der Waals surface area contributed by atoms with Gasteiger partial charge >= 0.3 is 0 Å². The van der Waals surface area contributed by atoms with E-state index < -0.39 is 0 Å². The van der Waals surface area contributed by atoms with Gasteiger partial charge in [-0.15, -0.1) is 0 Å². The van der Waals surface area contributed by atoms with Gasteiger partial charge in [-0.3, -0.25) is 4.90 Å². The summed E-state index contributed by atoms with van der Waals surface area (Å²) in [6, 6.07) is 5.57. The summed E-state index contributed by atoms with van der Waals surface area (Å²) in [4.78, 5) is 2.29. The molecule has 0 aliphatic carbocycles. The third-order valence-corrected chi connectivity index (χ3v) is 3.94. The fraction of sp³-hybridized carbons (Fsp3) is 0.600. The molecule has 1 aliphatic rings. The minimum absolute atomic E-state index is 0.0211. The van der Waals surface area contributed by atoms with E-state index in [1.165, 1.54) is 0 Å². The van der Waals surface area contributed by atoms with Crippen LogP contribution in [0.5, 0.6) is 11.5 Å². The van der Waals surface area contributed by atoms with Gasteiger partial charge in [0.15, 0.2) is 11.5 Å². The van der Waals surface area contributed by atoms with Crippen LogP contribution in [0.2, 0.25) is 0 Å². The van der Waals surface area contributed by atoms with E-state index in [1.807, 2.05) is 12.1 Å². The highest BCUT2D eigenvalue weighted by atomic mass is 16.5. The summed E-state index contributed by atoms with van der Waals surface area (Å²) in [6.45, 7) is 4.89. The van der Waals surface area contributed by atoms with Crippen LogP contribution < -0.4 is 4.74 Å². The molecule has 4 nitrogen and oxygen atoms in total. The number of rotatable bonds is 4. The number of hydrogen-bond donors (Lipinski definition) is 2. The lowest BCUT2D eigenvalue weighted by atomic mass is 9.82. The number of ether oxygens (including phenoxy) is 1. The Hall–Kier alpha value is -1.26. The summed E-state index contributed by atoms with van der Waals surface area (Å²) >= 11 is 0. The standard InChI is InChI=1S/C15H23NO3/c1-15(11-17)7-4-8-16(10-15)9-12-5-3-6-13(19-2)14(12)18/h3,5-6,17-18H,4,7-11H2,1-2H3. The molecule has 0 aromatic heterocycles. The molecule has 4 heteroatoms. The van der Waals surface area contributed by atoms with Gasteiger partial charge < -0.3 is 14.9 Å². The number of aliphatic hydroxyl groups is 1. The second-order valence-electron chi connectivity index (χ2n) is 5.75. The Labute approximate surface area is 114 Å². The number of aliphatic hydroxyl groups excluding tert-OH is 1. The van der Waals surface area contributed by atoms with Gasteiger partial charge in [-0.1, -0.05) is 19.1 Å². The molecular formula is C15H23NO3. The van der Waals surface area contributed by atoms with Crippen LogP contribution >= 0.6 is 0 Å². The highest BCUT2D eigenvalue weighted by Gasteiger charge is 2.30. The molecule has 1 aliphatic heterocycles. The molecule has 1 heterocycles. The second-order valence-corrected chi connectivity index (χ2v) is 5.75. The van der Waals surface area contributed by atoms with Crippen LogP contribution in [-0.2, 0) is 6.54 Å². The van der Waals surface area contributed by atoms with E-state index in [4.69, 9.17) is 4.74 Å². The van der Waals surface area contributed by atoms with Gasteiger partial charge in [0, 0.05) is 30.7 Å². The SMILES string of the molecule is COc1cccc(CN2CCCC(C)(CO)C2)c1O. The molecule has 1 fully saturated rings. The third-order valence-electron chi connectivity index (χ3n) is 3.94. The van der Waals surface area contributed by atoms with Gasteiger partial charge in [-0.25, -0.2) is 0 Å². The Morgan fingerprint density at radius 1 is 1.42 bits per heavy atom. The Morgan fingerprint density at radius 2 is 2.21 bits per heavy atom. The summed E-state index contributed by atoms with van der Waals surface area (Å²) in [5.74, 6) is 0.737. The number of phenols is 1. The zero-order chi connectivity index (χ0) is 13.9. The number of likely N-dealkylation sites (tertiary alicyclic amines) is 1. The molecule has 2 rings (SSSR count). The lowest BCUT2D eigenvalue weighted by molar-refractivity contribution is 0.0426. The monoisotopic (exact) mass is 265 g/mol. The normalized spacial score (nSPS) is 24.4. The zero-order valence-corrected chi connectivity index (χ0v) is 11.7. The smallest absolute Gasteiger partial charge is 0.162 e. The van der Waals surface area contributed by atoms with E-state index in [1.54, 1.807) is 13.2 Å². The van der Waals surface area contributed by atoms with Crippen molar-refractivity contribution in [1.29, 1.82) is 0 Å². The van der Waals surface area contributed by atoms with Gasteiger partial charge in [0.2, 0.25) is 0 Å². The molecule has 106 valence electrons. The average Bonchev–Trinajstić information content (AvgIpc) is 2.41. The minimum atomic E-state index is -0.0211. The van der Waals surface area contributed by atoms with E-state index in [2.05, 4.69) is 11.8 Å². The van der Waals surface area contributed by atoms with E-state index in [0.29, 0.717) is 12.3 Å². The molecule has 1 aromatic carbocycles. The van der Waals surface area contributed by atoms with Crippen molar-refractivity contribution in [3.63, 3.8) is 0 Å². The van der Waals surface area contributed by atoms with Crippen LogP contribution in [0, 0.1) is 5.41 Å². The maximum Gasteiger partial charge on any atom is 0.162 e. The van der Waals surface area contributed by atoms with Gasteiger partial charge in [0.05, 0.1) is 7.11 Å². The van der Waals surface area contributed by atoms with Crippen molar-refractivity contribution in [1.82, 2.24) is 4.90 Å². The maximum atomic E-state index is 10.1. The van der Waals surface area contributed by atoms with Gasteiger partial charge in [0.25, 0.3) is 0 Å². The molecular weight excluding hydrogens is 242 g/mol. The van der Waals surface area contributed by atoms with Crippen molar-refractivity contribution in [3.8, 4) is 11.5 Å². The predicted molar refractivity (Wildman–Crippen MR) is 74.4 cm³/mol. The van der Waals surface area contributed by atoms with E-state index >= 15 is 0 Å². The fourth-order valence-electron chi connectivity index (χ4n) is 2.79. The Kier molecular flexibility index (Phi) is 4.32. The lowest BCUT2D eigenvalue weighted by Gasteiger charge is -2.39. The second kappa shape index (κ2) is 5.80. The molecule has 0 saturated carbocycles. The Bertz CT molecular complexity index is 435.